The average molecular weight is 441 g/mol. The topological polar surface area (TPSA) is 85.2 Å². The lowest BCUT2D eigenvalue weighted by Crippen LogP contribution is -2.42. The Balaban J connectivity index is 1.38. The van der Waals surface area contributed by atoms with E-state index >= 15 is 0 Å². The van der Waals surface area contributed by atoms with Gasteiger partial charge in [-0.15, -0.1) is 0 Å². The fourth-order valence-electron chi connectivity index (χ4n) is 3.99. The summed E-state index contributed by atoms with van der Waals surface area (Å²) < 4.78 is 7.25. The Hall–Kier alpha value is -4.20. The molecule has 4 aromatic rings. The van der Waals surface area contributed by atoms with Crippen LogP contribution in [0.4, 0.5) is 16.6 Å². The van der Waals surface area contributed by atoms with Crippen molar-refractivity contribution < 1.29 is 9.53 Å². The summed E-state index contributed by atoms with van der Waals surface area (Å²) in [6, 6.07) is 21.4. The van der Waals surface area contributed by atoms with Gasteiger partial charge in [-0.05, 0) is 37.6 Å². The van der Waals surface area contributed by atoms with Crippen molar-refractivity contribution in [2.75, 3.05) is 16.8 Å². The molecular weight excluding hydrogens is 416 g/mol. The number of hydrogen-bond donors (Lipinski definition) is 1. The Bertz CT molecular complexity index is 1260. The molecule has 1 saturated heterocycles. The summed E-state index contributed by atoms with van der Waals surface area (Å²) in [5, 5.41) is 7.77. The molecule has 2 aromatic heterocycles. The van der Waals surface area contributed by atoms with Crippen molar-refractivity contribution in [1.29, 1.82) is 0 Å². The summed E-state index contributed by atoms with van der Waals surface area (Å²) in [6.07, 6.45) is 5.00. The first kappa shape index (κ1) is 20.7. The first-order chi connectivity index (χ1) is 16.0. The highest BCUT2D eigenvalue weighted by Crippen LogP contribution is 2.37. The number of para-hydroxylation sites is 1. The van der Waals surface area contributed by atoms with Crippen molar-refractivity contribution in [2.24, 2.45) is 0 Å². The van der Waals surface area contributed by atoms with Gasteiger partial charge in [-0.1, -0.05) is 48.5 Å². The number of anilines is 2. The van der Waals surface area contributed by atoms with Crippen LogP contribution in [0.1, 0.15) is 31.0 Å². The van der Waals surface area contributed by atoms with E-state index in [4.69, 9.17) is 4.74 Å². The molecule has 3 heterocycles. The molecule has 1 N–H and O–H groups in total. The van der Waals surface area contributed by atoms with Gasteiger partial charge in [0.2, 0.25) is 5.95 Å². The van der Waals surface area contributed by atoms with E-state index in [1.165, 1.54) is 0 Å². The van der Waals surface area contributed by atoms with Crippen molar-refractivity contribution in [3.8, 4) is 5.69 Å². The van der Waals surface area contributed by atoms with Crippen LogP contribution in [0.5, 0.6) is 0 Å². The molecule has 1 aliphatic heterocycles. The van der Waals surface area contributed by atoms with Crippen molar-refractivity contribution in [2.45, 2.75) is 25.4 Å². The maximum Gasteiger partial charge on any atom is 0.416 e. The maximum atomic E-state index is 12.7. The molecule has 2 atom stereocenters. The highest BCUT2D eigenvalue weighted by atomic mass is 16.6. The lowest BCUT2D eigenvalue weighted by atomic mass is 9.92. The van der Waals surface area contributed by atoms with E-state index in [0.717, 1.165) is 16.8 Å². The van der Waals surface area contributed by atoms with Gasteiger partial charge in [0.15, 0.2) is 0 Å². The second-order valence-corrected chi connectivity index (χ2v) is 8.19. The zero-order valence-electron chi connectivity index (χ0n) is 18.4. The first-order valence-corrected chi connectivity index (χ1v) is 10.8. The van der Waals surface area contributed by atoms with E-state index in [-0.39, 0.29) is 12.6 Å². The van der Waals surface area contributed by atoms with Crippen LogP contribution < -0.4 is 10.2 Å². The summed E-state index contributed by atoms with van der Waals surface area (Å²) in [5.74, 6) is 0.899. The zero-order chi connectivity index (χ0) is 22.8. The Morgan fingerprint density at radius 3 is 2.55 bits per heavy atom. The first-order valence-electron chi connectivity index (χ1n) is 10.8. The Morgan fingerprint density at radius 1 is 1.06 bits per heavy atom. The number of carbonyl (C=O) groups is 1. The second-order valence-electron chi connectivity index (χ2n) is 8.19. The summed E-state index contributed by atoms with van der Waals surface area (Å²) >= 11 is 0. The van der Waals surface area contributed by atoms with Gasteiger partial charge in [0.1, 0.15) is 18.0 Å². The number of nitrogens with zero attached hydrogens (tertiary/aromatic N) is 5. The number of aromatic nitrogens is 4. The van der Waals surface area contributed by atoms with Crippen LogP contribution in [0.15, 0.2) is 85.3 Å². The smallest absolute Gasteiger partial charge is 0.416 e. The predicted octanol–water partition coefficient (Wildman–Crippen LogP) is 4.71. The molecule has 8 nitrogen and oxygen atoms in total. The normalized spacial score (nSPS) is 18.7. The highest BCUT2D eigenvalue weighted by molar-refractivity contribution is 5.90. The molecule has 5 rings (SSSR count). The van der Waals surface area contributed by atoms with Crippen LogP contribution >= 0.6 is 0 Å². The van der Waals surface area contributed by atoms with Gasteiger partial charge in [-0.3, -0.25) is 0 Å². The van der Waals surface area contributed by atoms with Crippen molar-refractivity contribution >= 4 is 17.9 Å². The van der Waals surface area contributed by atoms with Gasteiger partial charge in [-0.2, -0.15) is 10.1 Å². The van der Waals surface area contributed by atoms with E-state index < -0.39 is 11.6 Å². The number of hydrogen-bond acceptors (Lipinski definition) is 6. The minimum absolute atomic E-state index is 0.0938. The maximum absolute atomic E-state index is 12.7. The van der Waals surface area contributed by atoms with Gasteiger partial charge >= 0.3 is 6.09 Å². The molecule has 0 aliphatic carbocycles. The zero-order valence-corrected chi connectivity index (χ0v) is 18.4. The van der Waals surface area contributed by atoms with Gasteiger partial charge in [-0.25, -0.2) is 19.4 Å². The molecule has 0 spiro atoms. The van der Waals surface area contributed by atoms with E-state index in [9.17, 15) is 4.79 Å². The highest BCUT2D eigenvalue weighted by Gasteiger charge is 2.46. The quantitative estimate of drug-likeness (QED) is 0.468. The van der Waals surface area contributed by atoms with Gasteiger partial charge in [0.25, 0.3) is 0 Å². The minimum atomic E-state index is -0.660. The lowest BCUT2D eigenvalue weighted by Gasteiger charge is -2.31. The SMILES string of the molecule is C[C@H](Nc1nccc(N2C(=O)OC[C@]2(C)c2ccccc2)n1)c1cnn(-c2ccccc2)c1. The van der Waals surface area contributed by atoms with Crippen LogP contribution in [-0.4, -0.2) is 32.4 Å². The van der Waals surface area contributed by atoms with Crippen molar-refractivity contribution in [3.63, 3.8) is 0 Å². The fraction of sp³-hybridized carbons (Fsp3) is 0.200. The number of ether oxygens (including phenoxy) is 1. The van der Waals surface area contributed by atoms with E-state index in [2.05, 4.69) is 20.4 Å². The summed E-state index contributed by atoms with van der Waals surface area (Å²) in [5.41, 5.74) is 2.29. The van der Waals surface area contributed by atoms with Crippen LogP contribution in [-0.2, 0) is 10.3 Å². The summed E-state index contributed by atoms with van der Waals surface area (Å²) in [4.78, 5) is 23.2. The predicted molar refractivity (Wildman–Crippen MR) is 125 cm³/mol. The molecule has 0 bridgehead atoms. The number of amides is 1. The molecular formula is C25H24N6O2. The average Bonchev–Trinajstić information content (AvgIpc) is 3.46. The van der Waals surface area contributed by atoms with Gasteiger partial charge < -0.3 is 10.1 Å². The lowest BCUT2D eigenvalue weighted by molar-refractivity contribution is 0.174. The molecule has 2 aromatic carbocycles. The second kappa shape index (κ2) is 8.38. The third kappa shape index (κ3) is 3.91. The monoisotopic (exact) mass is 440 g/mol. The van der Waals surface area contributed by atoms with Crippen molar-refractivity contribution in [3.05, 3.63) is 96.4 Å². The van der Waals surface area contributed by atoms with Crippen LogP contribution in [0.3, 0.4) is 0 Å². The number of benzene rings is 2. The van der Waals surface area contributed by atoms with E-state index in [1.807, 2.05) is 91.6 Å². The Morgan fingerprint density at radius 2 is 1.79 bits per heavy atom. The minimum Gasteiger partial charge on any atom is -0.446 e. The molecule has 1 aliphatic rings. The molecule has 0 unspecified atom stereocenters. The standard InChI is InChI=1S/C25H24N6O2/c1-18(19-15-27-30(16-19)21-11-7-4-8-12-21)28-23-26-14-13-22(29-23)31-24(32)33-17-25(31,2)20-9-5-3-6-10-20/h3-16,18H,17H2,1-2H3,(H,26,28,29)/t18-,25+/m0/s1. The fourth-order valence-corrected chi connectivity index (χ4v) is 3.99. The van der Waals surface area contributed by atoms with Crippen LogP contribution in [0.2, 0.25) is 0 Å². The van der Waals surface area contributed by atoms with Crippen molar-refractivity contribution in [1.82, 2.24) is 19.7 Å². The summed E-state index contributed by atoms with van der Waals surface area (Å²) in [6.45, 7) is 4.24. The number of carbonyl (C=O) groups excluding carboxylic acids is 1. The van der Waals surface area contributed by atoms with Gasteiger partial charge in [0, 0.05) is 18.0 Å². The van der Waals surface area contributed by atoms with E-state index in [1.54, 1.807) is 17.2 Å². The third-order valence-electron chi connectivity index (χ3n) is 5.89. The van der Waals surface area contributed by atoms with Crippen LogP contribution in [0, 0.1) is 0 Å². The number of nitrogens with one attached hydrogen (secondary N) is 1. The van der Waals surface area contributed by atoms with Gasteiger partial charge in [0.05, 0.1) is 17.9 Å². The number of rotatable bonds is 6. The number of cyclic esters (lactones) is 1. The van der Waals surface area contributed by atoms with E-state index in [0.29, 0.717) is 11.8 Å². The Kier molecular flexibility index (Phi) is 5.26. The van der Waals surface area contributed by atoms with Crippen LogP contribution in [0.25, 0.3) is 5.69 Å². The molecule has 166 valence electrons. The molecule has 0 radical (unpaired) electrons. The molecule has 1 amide bonds. The molecule has 33 heavy (non-hydrogen) atoms. The summed E-state index contributed by atoms with van der Waals surface area (Å²) in [7, 11) is 0. The largest absolute Gasteiger partial charge is 0.446 e. The Labute approximate surface area is 191 Å². The third-order valence-corrected chi connectivity index (χ3v) is 5.89. The molecule has 8 heteroatoms. The molecule has 1 fully saturated rings. The molecule has 0 saturated carbocycles.